The molecule has 0 radical (unpaired) electrons. The topological polar surface area (TPSA) is 63.0 Å². The van der Waals surface area contributed by atoms with Crippen LogP contribution in [0.5, 0.6) is 0 Å². The highest BCUT2D eigenvalue weighted by Gasteiger charge is 2.18. The predicted molar refractivity (Wildman–Crippen MR) is 111 cm³/mol. The van der Waals surface area contributed by atoms with Gasteiger partial charge in [0.05, 0.1) is 39.4 Å². The maximum absolute atomic E-state index is 11.9. The number of hydrogen-bond acceptors (Lipinski definition) is 6. The van der Waals surface area contributed by atoms with Crippen LogP contribution < -0.4 is 0 Å². The van der Waals surface area contributed by atoms with Gasteiger partial charge in [0.25, 0.3) is 0 Å². The molecular weight excluding hydrogens is 376 g/mol. The predicted octanol–water partition coefficient (Wildman–Crippen LogP) is 5.43. The van der Waals surface area contributed by atoms with Gasteiger partial charge < -0.3 is 4.74 Å². The van der Waals surface area contributed by atoms with E-state index < -0.39 is 0 Å². The monoisotopic (exact) mass is 396 g/mol. The Hall–Kier alpha value is -2.36. The van der Waals surface area contributed by atoms with Gasteiger partial charge in [-0.05, 0) is 43.7 Å². The molecule has 1 unspecified atom stereocenters. The molecule has 1 heterocycles. The van der Waals surface area contributed by atoms with Gasteiger partial charge in [-0.2, -0.15) is 5.26 Å². The summed E-state index contributed by atoms with van der Waals surface area (Å²) < 4.78 is 6.25. The van der Waals surface area contributed by atoms with E-state index in [1.807, 2.05) is 51.1 Å². The summed E-state index contributed by atoms with van der Waals surface area (Å²) in [7, 11) is 0. The number of nitriles is 1. The average molecular weight is 397 g/mol. The van der Waals surface area contributed by atoms with Gasteiger partial charge >= 0.3 is 5.97 Å². The highest BCUT2D eigenvalue weighted by molar-refractivity contribution is 7.99. The van der Waals surface area contributed by atoms with E-state index in [1.54, 1.807) is 23.1 Å². The molecule has 0 aliphatic rings. The van der Waals surface area contributed by atoms with Crippen molar-refractivity contribution in [1.82, 2.24) is 4.98 Å². The lowest BCUT2D eigenvalue weighted by molar-refractivity contribution is -0.146. The first-order chi connectivity index (χ1) is 13.0. The van der Waals surface area contributed by atoms with Gasteiger partial charge in [-0.25, -0.2) is 4.98 Å². The molecule has 1 atom stereocenters. The summed E-state index contributed by atoms with van der Waals surface area (Å²) in [4.78, 5) is 17.6. The number of aromatic nitrogens is 1. The number of rotatable bonds is 6. The number of aryl methyl sites for hydroxylation is 1. The van der Waals surface area contributed by atoms with Gasteiger partial charge in [-0.15, -0.1) is 23.1 Å². The van der Waals surface area contributed by atoms with Crippen molar-refractivity contribution in [3.05, 3.63) is 47.0 Å². The van der Waals surface area contributed by atoms with E-state index in [0.29, 0.717) is 17.9 Å². The van der Waals surface area contributed by atoms with Crippen molar-refractivity contribution in [1.29, 1.82) is 5.26 Å². The molecule has 1 aromatic heterocycles. The van der Waals surface area contributed by atoms with Crippen LogP contribution in [0.2, 0.25) is 0 Å². The first kappa shape index (κ1) is 19.4. The van der Waals surface area contributed by atoms with Crippen molar-refractivity contribution in [2.75, 3.05) is 12.4 Å². The molecule has 138 valence electrons. The van der Waals surface area contributed by atoms with E-state index in [0.717, 1.165) is 31.2 Å². The smallest absolute Gasteiger partial charge is 0.309 e. The molecule has 0 saturated heterocycles. The molecule has 0 aliphatic carbocycles. The van der Waals surface area contributed by atoms with E-state index in [2.05, 4.69) is 17.1 Å². The number of carbonyl (C=O) groups is 1. The minimum absolute atomic E-state index is 0.167. The first-order valence-corrected chi connectivity index (χ1v) is 10.5. The Morgan fingerprint density at radius 3 is 2.70 bits per heavy atom. The largest absolute Gasteiger partial charge is 0.466 e. The van der Waals surface area contributed by atoms with Crippen molar-refractivity contribution in [2.24, 2.45) is 5.92 Å². The number of nitrogens with zero attached hydrogens (tertiary/aromatic N) is 2. The van der Waals surface area contributed by atoms with Crippen molar-refractivity contribution in [2.45, 2.75) is 25.7 Å². The van der Waals surface area contributed by atoms with Crippen LogP contribution in [0.25, 0.3) is 21.3 Å². The van der Waals surface area contributed by atoms with Crippen LogP contribution in [0.15, 0.2) is 41.3 Å². The minimum atomic E-state index is -0.178. The second-order valence-electron chi connectivity index (χ2n) is 6.17. The Morgan fingerprint density at radius 1 is 1.30 bits per heavy atom. The van der Waals surface area contributed by atoms with E-state index in [-0.39, 0.29) is 11.9 Å². The highest BCUT2D eigenvalue weighted by atomic mass is 32.2. The SMILES string of the molecule is CCOC(=O)C(C)CSc1ccc2nc(C)sc2c1-c1ccc(C#N)cc1. The van der Waals surface area contributed by atoms with Crippen molar-refractivity contribution < 1.29 is 9.53 Å². The molecule has 3 rings (SSSR count). The summed E-state index contributed by atoms with van der Waals surface area (Å²) >= 11 is 3.32. The molecule has 0 spiro atoms. The Kier molecular flexibility index (Phi) is 6.15. The van der Waals surface area contributed by atoms with Crippen LogP contribution in [0.3, 0.4) is 0 Å². The molecule has 0 N–H and O–H groups in total. The summed E-state index contributed by atoms with van der Waals surface area (Å²) in [5, 5.41) is 10.1. The van der Waals surface area contributed by atoms with Crippen LogP contribution in [-0.4, -0.2) is 23.3 Å². The summed E-state index contributed by atoms with van der Waals surface area (Å²) in [6.07, 6.45) is 0. The van der Waals surface area contributed by atoms with Crippen LogP contribution in [0, 0.1) is 24.2 Å². The average Bonchev–Trinajstić information content (AvgIpc) is 3.06. The fourth-order valence-electron chi connectivity index (χ4n) is 2.76. The first-order valence-electron chi connectivity index (χ1n) is 8.73. The normalized spacial score (nSPS) is 11.9. The molecule has 4 nitrogen and oxygen atoms in total. The second kappa shape index (κ2) is 8.55. The number of thiazole rings is 1. The standard InChI is InChI=1S/C21H20N2O2S2/c1-4-25-21(24)13(2)12-26-18-10-9-17-20(27-14(3)23-17)19(18)16-7-5-15(11-22)6-8-16/h5-10,13H,4,12H2,1-3H3. The van der Waals surface area contributed by atoms with Crippen molar-refractivity contribution in [3.63, 3.8) is 0 Å². The summed E-state index contributed by atoms with van der Waals surface area (Å²) in [6, 6.07) is 13.9. The zero-order chi connectivity index (χ0) is 19.4. The third-order valence-electron chi connectivity index (χ3n) is 4.11. The molecule has 3 aromatic rings. The van der Waals surface area contributed by atoms with Gasteiger partial charge in [-0.3, -0.25) is 4.79 Å². The van der Waals surface area contributed by atoms with E-state index >= 15 is 0 Å². The zero-order valence-corrected chi connectivity index (χ0v) is 17.1. The number of esters is 1. The van der Waals surface area contributed by atoms with Gasteiger partial charge in [0.15, 0.2) is 0 Å². The number of benzene rings is 2. The minimum Gasteiger partial charge on any atom is -0.466 e. The number of hydrogen-bond donors (Lipinski definition) is 0. The number of fused-ring (bicyclic) bond motifs is 1. The third-order valence-corrected chi connectivity index (χ3v) is 6.43. The van der Waals surface area contributed by atoms with Crippen LogP contribution in [0.4, 0.5) is 0 Å². The Balaban J connectivity index is 1.99. The zero-order valence-electron chi connectivity index (χ0n) is 15.5. The molecule has 0 saturated carbocycles. The van der Waals surface area contributed by atoms with E-state index in [4.69, 9.17) is 10.00 Å². The lowest BCUT2D eigenvalue weighted by Gasteiger charge is -2.13. The van der Waals surface area contributed by atoms with E-state index in [1.165, 1.54) is 0 Å². The van der Waals surface area contributed by atoms with Crippen LogP contribution >= 0.6 is 23.1 Å². The maximum Gasteiger partial charge on any atom is 0.309 e. The molecular formula is C21H20N2O2S2. The Bertz CT molecular complexity index is 1000. The molecule has 2 aromatic carbocycles. The number of thioether (sulfide) groups is 1. The maximum atomic E-state index is 11.9. The van der Waals surface area contributed by atoms with E-state index in [9.17, 15) is 4.79 Å². The lowest BCUT2D eigenvalue weighted by Crippen LogP contribution is -2.16. The second-order valence-corrected chi connectivity index (χ2v) is 8.44. The van der Waals surface area contributed by atoms with Crippen LogP contribution in [-0.2, 0) is 9.53 Å². The fraction of sp³-hybridized carbons (Fsp3) is 0.286. The molecule has 0 bridgehead atoms. The molecule has 0 aliphatic heterocycles. The van der Waals surface area contributed by atoms with Crippen molar-refractivity contribution in [3.8, 4) is 17.2 Å². The third kappa shape index (κ3) is 4.32. The van der Waals surface area contributed by atoms with Gasteiger partial charge in [0.1, 0.15) is 0 Å². The highest BCUT2D eigenvalue weighted by Crippen LogP contribution is 2.40. The lowest BCUT2D eigenvalue weighted by atomic mass is 10.0. The Labute approximate surface area is 167 Å². The summed E-state index contributed by atoms with van der Waals surface area (Å²) in [5.74, 6) is 0.299. The fourth-order valence-corrected chi connectivity index (χ4v) is 4.90. The number of ether oxygens (including phenoxy) is 1. The molecule has 0 amide bonds. The van der Waals surface area contributed by atoms with Crippen molar-refractivity contribution >= 4 is 39.3 Å². The Morgan fingerprint density at radius 2 is 2.04 bits per heavy atom. The molecule has 27 heavy (non-hydrogen) atoms. The summed E-state index contributed by atoms with van der Waals surface area (Å²) in [5.41, 5.74) is 3.77. The summed E-state index contributed by atoms with van der Waals surface area (Å²) in [6.45, 7) is 6.11. The van der Waals surface area contributed by atoms with Gasteiger partial charge in [0.2, 0.25) is 0 Å². The number of carbonyl (C=O) groups excluding carboxylic acids is 1. The molecule has 6 heteroatoms. The quantitative estimate of drug-likeness (QED) is 0.410. The van der Waals surface area contributed by atoms with Gasteiger partial charge in [-0.1, -0.05) is 19.1 Å². The van der Waals surface area contributed by atoms with Gasteiger partial charge in [0, 0.05) is 16.2 Å². The van der Waals surface area contributed by atoms with Crippen LogP contribution in [0.1, 0.15) is 24.4 Å². The molecule has 0 fully saturated rings.